The van der Waals surface area contributed by atoms with Crippen LogP contribution in [0.2, 0.25) is 0 Å². The van der Waals surface area contributed by atoms with Crippen LogP contribution in [0.1, 0.15) is 5.56 Å². The monoisotopic (exact) mass is 303 g/mol. The number of hydrogen-bond donors (Lipinski definition) is 0. The molecule has 0 fully saturated rings. The fourth-order valence-electron chi connectivity index (χ4n) is 1.51. The second kappa shape index (κ2) is 4.07. The van der Waals surface area contributed by atoms with Crippen LogP contribution >= 0.6 is 7.81 Å². The third-order valence-electron chi connectivity index (χ3n) is 2.26. The molecule has 1 aromatic carbocycles. The van der Waals surface area contributed by atoms with Crippen molar-refractivity contribution < 1.29 is 29.7 Å². The van der Waals surface area contributed by atoms with E-state index >= 15 is 0 Å². The number of benzene rings is 1. The normalized spacial score (nSPS) is 15.2. The van der Waals surface area contributed by atoms with Gasteiger partial charge < -0.3 is 0 Å². The van der Waals surface area contributed by atoms with E-state index in [1.807, 2.05) is 0 Å². The van der Waals surface area contributed by atoms with Crippen molar-refractivity contribution in [2.45, 2.75) is 6.92 Å². The summed E-state index contributed by atoms with van der Waals surface area (Å²) in [5.41, 5.74) is 2.63. The molecule has 1 heterocycles. The standard InChI is InChI=1S/C11H12N.F6P/c1-9-7-8-12(2)11-6-4-3-5-10(9)11;1-7(2,3,4,5)6/h3-8H,1-2H3;/q+1;-1. The minimum atomic E-state index is -10.7. The Balaban J connectivity index is 0.000000224. The molecule has 0 atom stereocenters. The van der Waals surface area contributed by atoms with E-state index in [4.69, 9.17) is 0 Å². The predicted octanol–water partition coefficient (Wildman–Crippen LogP) is 5.36. The molecule has 108 valence electrons. The molecule has 0 aliphatic carbocycles. The first kappa shape index (κ1) is 15.7. The number of fused-ring (bicyclic) bond motifs is 1. The van der Waals surface area contributed by atoms with Gasteiger partial charge in [-0.3, -0.25) is 0 Å². The summed E-state index contributed by atoms with van der Waals surface area (Å²) >= 11 is 0. The molecule has 8 heteroatoms. The van der Waals surface area contributed by atoms with E-state index in [0.29, 0.717) is 0 Å². The SMILES string of the molecule is Cc1cc[n+](C)c2ccccc12.F[P-](F)(F)(F)(F)F. The van der Waals surface area contributed by atoms with Gasteiger partial charge in [0.1, 0.15) is 7.05 Å². The van der Waals surface area contributed by atoms with Gasteiger partial charge in [0.25, 0.3) is 0 Å². The summed E-state index contributed by atoms with van der Waals surface area (Å²) < 4.78 is 61.3. The number of nitrogens with zero attached hydrogens (tertiary/aromatic N) is 1. The minimum absolute atomic E-state index is 1.29. The molecule has 2 aromatic rings. The van der Waals surface area contributed by atoms with Gasteiger partial charge in [-0.2, -0.15) is 0 Å². The zero-order chi connectivity index (χ0) is 15.0. The maximum absolute atomic E-state index is 10.7. The number of para-hydroxylation sites is 1. The van der Waals surface area contributed by atoms with Crippen molar-refractivity contribution in [3.63, 3.8) is 0 Å². The van der Waals surface area contributed by atoms with Crippen LogP contribution in [0.25, 0.3) is 10.9 Å². The molecule has 2 rings (SSSR count). The van der Waals surface area contributed by atoms with Crippen LogP contribution in [0.5, 0.6) is 0 Å². The van der Waals surface area contributed by atoms with Crippen molar-refractivity contribution in [3.8, 4) is 0 Å². The number of hydrogen-bond acceptors (Lipinski definition) is 0. The summed E-state index contributed by atoms with van der Waals surface area (Å²) in [4.78, 5) is 0. The van der Waals surface area contributed by atoms with Gasteiger partial charge in [0.2, 0.25) is 5.52 Å². The van der Waals surface area contributed by atoms with Crippen molar-refractivity contribution in [3.05, 3.63) is 42.1 Å². The van der Waals surface area contributed by atoms with Gasteiger partial charge in [-0.05, 0) is 18.6 Å². The number of halogens is 6. The molecule has 19 heavy (non-hydrogen) atoms. The Morgan fingerprint density at radius 1 is 0.895 bits per heavy atom. The van der Waals surface area contributed by atoms with Crippen LogP contribution in [0.3, 0.4) is 0 Å². The van der Waals surface area contributed by atoms with Gasteiger partial charge in [0.15, 0.2) is 6.20 Å². The molecule has 0 saturated heterocycles. The van der Waals surface area contributed by atoms with E-state index < -0.39 is 7.81 Å². The van der Waals surface area contributed by atoms with E-state index in [-0.39, 0.29) is 0 Å². The van der Waals surface area contributed by atoms with E-state index in [1.54, 1.807) is 0 Å². The Labute approximate surface area is 105 Å². The molecule has 0 bridgehead atoms. The first-order chi connectivity index (χ1) is 8.24. The van der Waals surface area contributed by atoms with Gasteiger partial charge in [-0.25, -0.2) is 4.57 Å². The van der Waals surface area contributed by atoms with Crippen molar-refractivity contribution in [1.29, 1.82) is 0 Å². The van der Waals surface area contributed by atoms with Gasteiger partial charge in [0.05, 0.1) is 0 Å². The van der Waals surface area contributed by atoms with E-state index in [2.05, 4.69) is 55.1 Å². The van der Waals surface area contributed by atoms with E-state index in [9.17, 15) is 25.2 Å². The number of rotatable bonds is 0. The quantitative estimate of drug-likeness (QED) is 0.351. The molecule has 0 aliphatic rings. The first-order valence-electron chi connectivity index (χ1n) is 5.14. The summed E-state index contributed by atoms with van der Waals surface area (Å²) in [5, 5.41) is 1.34. The molecule has 0 unspecified atom stereocenters. The van der Waals surface area contributed by atoms with Crippen LogP contribution in [-0.2, 0) is 7.05 Å². The number of aromatic nitrogens is 1. The summed E-state index contributed by atoms with van der Waals surface area (Å²) in [7, 11) is -8.59. The zero-order valence-corrected chi connectivity index (χ0v) is 11.0. The average Bonchev–Trinajstić information content (AvgIpc) is 2.20. The van der Waals surface area contributed by atoms with Crippen LogP contribution in [-0.4, -0.2) is 0 Å². The third-order valence-corrected chi connectivity index (χ3v) is 2.26. The molecule has 1 nitrogen and oxygen atoms in total. The Kier molecular flexibility index (Phi) is 3.36. The van der Waals surface area contributed by atoms with E-state index in [0.717, 1.165) is 0 Å². The Hall–Kier alpha value is -1.36. The van der Waals surface area contributed by atoms with E-state index in [1.165, 1.54) is 16.5 Å². The van der Waals surface area contributed by atoms with Crippen molar-refractivity contribution >= 4 is 18.7 Å². The van der Waals surface area contributed by atoms with Gasteiger partial charge in [-0.15, -0.1) is 0 Å². The van der Waals surface area contributed by atoms with Crippen molar-refractivity contribution in [1.82, 2.24) is 0 Å². The Morgan fingerprint density at radius 3 is 1.84 bits per heavy atom. The predicted molar refractivity (Wildman–Crippen MR) is 63.4 cm³/mol. The number of pyridine rings is 1. The second-order valence-electron chi connectivity index (χ2n) is 4.09. The van der Waals surface area contributed by atoms with Crippen LogP contribution in [0.4, 0.5) is 25.2 Å². The molecule has 0 aliphatic heterocycles. The average molecular weight is 303 g/mol. The molecular weight excluding hydrogens is 291 g/mol. The molecule has 0 amide bonds. The van der Waals surface area contributed by atoms with Crippen LogP contribution < -0.4 is 4.57 Å². The molecule has 1 aromatic heterocycles. The maximum atomic E-state index is 9.87. The zero-order valence-electron chi connectivity index (χ0n) is 10.1. The van der Waals surface area contributed by atoms with Crippen molar-refractivity contribution in [2.24, 2.45) is 7.05 Å². The van der Waals surface area contributed by atoms with Crippen LogP contribution in [0.15, 0.2) is 36.5 Å². The molecule has 0 N–H and O–H groups in total. The molecule has 0 saturated carbocycles. The van der Waals surface area contributed by atoms with Crippen LogP contribution in [0, 0.1) is 6.92 Å². The fraction of sp³-hybridized carbons (Fsp3) is 0.182. The second-order valence-corrected chi connectivity index (χ2v) is 6.00. The molecular formula is C11H12F6NP. The Morgan fingerprint density at radius 2 is 1.37 bits per heavy atom. The summed E-state index contributed by atoms with van der Waals surface area (Å²) in [6, 6.07) is 10.6. The van der Waals surface area contributed by atoms with Crippen molar-refractivity contribution in [2.75, 3.05) is 0 Å². The number of aryl methyl sites for hydroxylation is 2. The summed E-state index contributed by atoms with van der Waals surface area (Å²) in [6.45, 7) is 2.14. The summed E-state index contributed by atoms with van der Waals surface area (Å²) in [5.74, 6) is 0. The molecule has 0 spiro atoms. The van der Waals surface area contributed by atoms with Gasteiger partial charge in [-0.1, -0.05) is 12.1 Å². The topological polar surface area (TPSA) is 3.88 Å². The summed E-state index contributed by atoms with van der Waals surface area (Å²) in [6.07, 6.45) is 2.09. The first-order valence-corrected chi connectivity index (χ1v) is 7.17. The molecule has 0 radical (unpaired) electrons. The van der Waals surface area contributed by atoms with Gasteiger partial charge >= 0.3 is 33.0 Å². The third kappa shape index (κ3) is 6.96. The Bertz CT molecular complexity index is 553. The van der Waals surface area contributed by atoms with Gasteiger partial charge in [0, 0.05) is 17.5 Å². The fourth-order valence-corrected chi connectivity index (χ4v) is 1.51.